The summed E-state index contributed by atoms with van der Waals surface area (Å²) < 4.78 is 1.70. The normalized spacial score (nSPS) is 12.2. The molecule has 146 valence electrons. The Morgan fingerprint density at radius 2 is 1.86 bits per heavy atom. The average Bonchev–Trinajstić information content (AvgIpc) is 3.07. The van der Waals surface area contributed by atoms with Crippen LogP contribution in [-0.2, 0) is 6.42 Å². The molecule has 2 aromatic carbocycles. The maximum Gasteiger partial charge on any atom is 0.273 e. The third-order valence-electron chi connectivity index (χ3n) is 4.90. The van der Waals surface area contributed by atoms with E-state index in [4.69, 9.17) is 0 Å². The smallest absolute Gasteiger partial charge is 0.273 e. The molecule has 0 radical (unpaired) electrons. The molecule has 28 heavy (non-hydrogen) atoms. The minimum Gasteiger partial charge on any atom is -0.349 e. The zero-order valence-corrected chi connectivity index (χ0v) is 16.9. The number of nitrogens with zero attached hydrogens (tertiary/aromatic N) is 4. The first kappa shape index (κ1) is 19.8. The summed E-state index contributed by atoms with van der Waals surface area (Å²) in [7, 11) is 4.05. The van der Waals surface area contributed by atoms with Crippen LogP contribution in [0.2, 0.25) is 0 Å². The van der Waals surface area contributed by atoms with Gasteiger partial charge in [-0.3, -0.25) is 4.79 Å². The third-order valence-corrected chi connectivity index (χ3v) is 4.90. The summed E-state index contributed by atoms with van der Waals surface area (Å²) in [5.74, 6) is -0.198. The van der Waals surface area contributed by atoms with E-state index in [0.29, 0.717) is 12.2 Å². The highest BCUT2D eigenvalue weighted by atomic mass is 16.2. The van der Waals surface area contributed by atoms with E-state index in [9.17, 15) is 4.79 Å². The minimum atomic E-state index is -0.198. The number of likely N-dealkylation sites (N-methyl/N-ethyl adjacent to an activating group) is 1. The maximum absolute atomic E-state index is 12.7. The molecule has 3 aromatic rings. The molecule has 6 nitrogen and oxygen atoms in total. The van der Waals surface area contributed by atoms with Crippen molar-refractivity contribution in [2.24, 2.45) is 0 Å². The van der Waals surface area contributed by atoms with Crippen molar-refractivity contribution in [1.29, 1.82) is 0 Å². The van der Waals surface area contributed by atoms with Gasteiger partial charge in [0.25, 0.3) is 5.91 Å². The number of carbonyl (C=O) groups is 1. The van der Waals surface area contributed by atoms with Crippen LogP contribution >= 0.6 is 0 Å². The van der Waals surface area contributed by atoms with Gasteiger partial charge in [-0.05, 0) is 57.6 Å². The highest BCUT2D eigenvalue weighted by Gasteiger charge is 2.19. The van der Waals surface area contributed by atoms with Crippen LogP contribution in [0.5, 0.6) is 0 Å². The molecule has 0 aliphatic rings. The predicted octanol–water partition coefficient (Wildman–Crippen LogP) is 2.79. The summed E-state index contributed by atoms with van der Waals surface area (Å²) in [6.45, 7) is 4.43. The van der Waals surface area contributed by atoms with Gasteiger partial charge in [0.1, 0.15) is 0 Å². The average molecular weight is 377 g/mol. The van der Waals surface area contributed by atoms with Gasteiger partial charge in [0.2, 0.25) is 0 Å². The summed E-state index contributed by atoms with van der Waals surface area (Å²) >= 11 is 0. The molecule has 1 amide bonds. The number of aromatic nitrogens is 3. The van der Waals surface area contributed by atoms with Crippen molar-refractivity contribution in [1.82, 2.24) is 25.2 Å². The van der Waals surface area contributed by atoms with E-state index in [2.05, 4.69) is 32.7 Å². The van der Waals surface area contributed by atoms with E-state index in [1.807, 2.05) is 70.4 Å². The third kappa shape index (κ3) is 4.64. The number of amides is 1. The number of hydrogen-bond acceptors (Lipinski definition) is 4. The molecule has 3 rings (SSSR count). The summed E-state index contributed by atoms with van der Waals surface area (Å²) in [5, 5.41) is 11.3. The van der Waals surface area contributed by atoms with E-state index < -0.39 is 0 Å². The second-order valence-electron chi connectivity index (χ2n) is 7.29. The van der Waals surface area contributed by atoms with Crippen molar-refractivity contribution in [3.05, 3.63) is 77.1 Å². The lowest BCUT2D eigenvalue weighted by atomic mass is 10.1. The Labute approximate surface area is 166 Å². The summed E-state index contributed by atoms with van der Waals surface area (Å²) in [6, 6.07) is 18.5. The molecule has 0 aliphatic carbocycles. The lowest BCUT2D eigenvalue weighted by Gasteiger charge is -2.24. The van der Waals surface area contributed by atoms with Gasteiger partial charge < -0.3 is 10.2 Å². The Balaban J connectivity index is 1.69. The first-order valence-electron chi connectivity index (χ1n) is 9.43. The van der Waals surface area contributed by atoms with Crippen LogP contribution in [-0.4, -0.2) is 52.5 Å². The molecule has 0 fully saturated rings. The maximum atomic E-state index is 12.7. The van der Waals surface area contributed by atoms with Gasteiger partial charge in [-0.2, -0.15) is 0 Å². The zero-order valence-electron chi connectivity index (χ0n) is 16.9. The number of carbonyl (C=O) groups excluding carboxylic acids is 1. The van der Waals surface area contributed by atoms with Gasteiger partial charge in [-0.25, -0.2) is 4.68 Å². The van der Waals surface area contributed by atoms with Crippen LogP contribution in [0.3, 0.4) is 0 Å². The minimum absolute atomic E-state index is 0.193. The zero-order chi connectivity index (χ0) is 20.1. The van der Waals surface area contributed by atoms with E-state index in [-0.39, 0.29) is 11.9 Å². The summed E-state index contributed by atoms with van der Waals surface area (Å²) in [4.78, 5) is 14.8. The van der Waals surface area contributed by atoms with Crippen molar-refractivity contribution in [2.75, 3.05) is 20.6 Å². The monoisotopic (exact) mass is 377 g/mol. The predicted molar refractivity (Wildman–Crippen MR) is 111 cm³/mol. The fourth-order valence-electron chi connectivity index (χ4n) is 3.16. The molecule has 1 heterocycles. The van der Waals surface area contributed by atoms with Crippen molar-refractivity contribution in [3.8, 4) is 5.69 Å². The first-order chi connectivity index (χ1) is 13.5. The molecular weight excluding hydrogens is 350 g/mol. The van der Waals surface area contributed by atoms with Crippen molar-refractivity contribution in [2.45, 2.75) is 26.3 Å². The van der Waals surface area contributed by atoms with Crippen LogP contribution in [0, 0.1) is 13.8 Å². The lowest BCUT2D eigenvalue weighted by molar-refractivity contribution is 0.0936. The fourth-order valence-corrected chi connectivity index (χ4v) is 3.16. The first-order valence-corrected chi connectivity index (χ1v) is 9.43. The highest BCUT2D eigenvalue weighted by Crippen LogP contribution is 2.14. The Morgan fingerprint density at radius 1 is 1.11 bits per heavy atom. The number of rotatable bonds is 7. The fraction of sp³-hybridized carbons (Fsp3) is 0.318. The molecule has 1 unspecified atom stereocenters. The number of nitrogens with one attached hydrogen (secondary N) is 1. The van der Waals surface area contributed by atoms with Gasteiger partial charge in [0.05, 0.1) is 11.4 Å². The summed E-state index contributed by atoms with van der Waals surface area (Å²) in [6.07, 6.45) is 0.864. The van der Waals surface area contributed by atoms with E-state index >= 15 is 0 Å². The molecule has 0 saturated carbocycles. The van der Waals surface area contributed by atoms with Crippen molar-refractivity contribution >= 4 is 5.91 Å². The molecule has 6 heteroatoms. The van der Waals surface area contributed by atoms with Crippen LogP contribution in [0.4, 0.5) is 0 Å². The summed E-state index contributed by atoms with van der Waals surface area (Å²) in [5.41, 5.74) is 4.37. The molecule has 0 aliphatic heterocycles. The molecule has 0 spiro atoms. The lowest BCUT2D eigenvalue weighted by Crippen LogP contribution is -2.41. The van der Waals surface area contributed by atoms with Crippen molar-refractivity contribution in [3.63, 3.8) is 0 Å². The Bertz CT molecular complexity index is 933. The van der Waals surface area contributed by atoms with E-state index in [1.165, 1.54) is 5.56 Å². The van der Waals surface area contributed by atoms with Gasteiger partial charge in [-0.15, -0.1) is 5.10 Å². The molecule has 1 aromatic heterocycles. The largest absolute Gasteiger partial charge is 0.349 e. The molecule has 0 saturated heterocycles. The van der Waals surface area contributed by atoms with Gasteiger partial charge >= 0.3 is 0 Å². The number of hydrogen-bond donors (Lipinski definition) is 1. The molecule has 1 atom stereocenters. The SMILES string of the molecule is Cc1cccc(-n2nnc(C(=O)NCC(Cc3ccccc3)N(C)C)c2C)c1. The Morgan fingerprint density at radius 3 is 2.54 bits per heavy atom. The Kier molecular flexibility index (Phi) is 6.21. The van der Waals surface area contributed by atoms with Gasteiger partial charge in [0, 0.05) is 12.6 Å². The quantitative estimate of drug-likeness (QED) is 0.688. The molecular formula is C22H27N5O. The van der Waals surface area contributed by atoms with Crippen LogP contribution in [0.1, 0.15) is 27.3 Å². The van der Waals surface area contributed by atoms with E-state index in [0.717, 1.165) is 23.4 Å². The topological polar surface area (TPSA) is 63.1 Å². The standard InChI is InChI=1S/C22H27N5O/c1-16-9-8-12-19(13-16)27-17(2)21(24-25-27)22(28)23-15-20(26(3)4)14-18-10-6-5-7-11-18/h5-13,20H,14-15H2,1-4H3,(H,23,28). The van der Waals surface area contributed by atoms with Gasteiger partial charge in [-0.1, -0.05) is 47.7 Å². The van der Waals surface area contributed by atoms with Crippen LogP contribution in [0.15, 0.2) is 54.6 Å². The molecule has 0 bridgehead atoms. The van der Waals surface area contributed by atoms with E-state index in [1.54, 1.807) is 4.68 Å². The van der Waals surface area contributed by atoms with Crippen LogP contribution < -0.4 is 5.32 Å². The van der Waals surface area contributed by atoms with Gasteiger partial charge in [0.15, 0.2) is 5.69 Å². The highest BCUT2D eigenvalue weighted by molar-refractivity contribution is 5.93. The number of benzene rings is 2. The van der Waals surface area contributed by atoms with Crippen molar-refractivity contribution < 1.29 is 4.79 Å². The second-order valence-corrected chi connectivity index (χ2v) is 7.29. The number of aryl methyl sites for hydroxylation is 1. The van der Waals surface area contributed by atoms with Crippen LogP contribution in [0.25, 0.3) is 5.69 Å². The molecule has 1 N–H and O–H groups in total. The second kappa shape index (κ2) is 8.80. The Hall–Kier alpha value is -2.99.